The number of imide groups is 1. The third-order valence-electron chi connectivity index (χ3n) is 4.30. The lowest BCUT2D eigenvalue weighted by atomic mass is 10.2. The second kappa shape index (κ2) is 9.01. The standard InChI is InChI=1S/C21H20FN3O4/c1-29-17-10-4-14(5-11-17)13-18-20(27)25(21(28)24-18)12-2-3-19(26)23-16-8-6-15(22)7-9-16/h4-11,13H,2-3,12H2,1H3,(H,23,26)(H,24,28)/b18-13+. The van der Waals surface area contributed by atoms with Crippen LogP contribution in [0.2, 0.25) is 0 Å². The molecule has 1 heterocycles. The van der Waals surface area contributed by atoms with Gasteiger partial charge in [-0.25, -0.2) is 9.18 Å². The van der Waals surface area contributed by atoms with Crippen molar-refractivity contribution < 1.29 is 23.5 Å². The number of nitrogens with one attached hydrogen (secondary N) is 2. The van der Waals surface area contributed by atoms with Crippen LogP contribution in [0, 0.1) is 5.82 Å². The number of urea groups is 1. The van der Waals surface area contributed by atoms with E-state index in [2.05, 4.69) is 10.6 Å². The summed E-state index contributed by atoms with van der Waals surface area (Å²) in [6.45, 7) is 0.113. The molecule has 8 heteroatoms. The van der Waals surface area contributed by atoms with Gasteiger partial charge in [-0.15, -0.1) is 0 Å². The third-order valence-corrected chi connectivity index (χ3v) is 4.30. The lowest BCUT2D eigenvalue weighted by Gasteiger charge is -2.11. The van der Waals surface area contributed by atoms with Gasteiger partial charge >= 0.3 is 6.03 Å². The fraction of sp³-hybridized carbons (Fsp3) is 0.190. The first-order valence-corrected chi connectivity index (χ1v) is 9.00. The van der Waals surface area contributed by atoms with E-state index in [0.29, 0.717) is 17.9 Å². The summed E-state index contributed by atoms with van der Waals surface area (Å²) in [4.78, 5) is 37.6. The number of benzene rings is 2. The van der Waals surface area contributed by atoms with E-state index < -0.39 is 11.9 Å². The number of ether oxygens (including phenoxy) is 1. The summed E-state index contributed by atoms with van der Waals surface area (Å²) >= 11 is 0. The fourth-order valence-corrected chi connectivity index (χ4v) is 2.80. The summed E-state index contributed by atoms with van der Waals surface area (Å²) in [5.74, 6) is -0.419. The summed E-state index contributed by atoms with van der Waals surface area (Å²) in [5.41, 5.74) is 1.40. The van der Waals surface area contributed by atoms with Crippen LogP contribution in [0.5, 0.6) is 5.75 Å². The molecule has 1 saturated heterocycles. The van der Waals surface area contributed by atoms with Crippen LogP contribution in [-0.4, -0.2) is 36.4 Å². The maximum absolute atomic E-state index is 12.9. The summed E-state index contributed by atoms with van der Waals surface area (Å²) < 4.78 is 18.0. The van der Waals surface area contributed by atoms with Gasteiger partial charge in [-0.2, -0.15) is 0 Å². The van der Waals surface area contributed by atoms with Crippen molar-refractivity contribution in [3.8, 4) is 5.75 Å². The molecule has 7 nitrogen and oxygen atoms in total. The quantitative estimate of drug-likeness (QED) is 0.555. The first-order valence-electron chi connectivity index (χ1n) is 9.00. The number of amides is 4. The van der Waals surface area contributed by atoms with Crippen molar-refractivity contribution in [2.75, 3.05) is 19.0 Å². The van der Waals surface area contributed by atoms with Crippen molar-refractivity contribution in [2.24, 2.45) is 0 Å². The summed E-state index contributed by atoms with van der Waals surface area (Å²) in [6, 6.07) is 12.0. The zero-order valence-electron chi connectivity index (χ0n) is 15.8. The van der Waals surface area contributed by atoms with Gasteiger partial charge in [0.25, 0.3) is 5.91 Å². The number of halogens is 1. The van der Waals surface area contributed by atoms with E-state index in [9.17, 15) is 18.8 Å². The summed E-state index contributed by atoms with van der Waals surface area (Å²) in [5, 5.41) is 5.18. The van der Waals surface area contributed by atoms with Crippen LogP contribution in [0.1, 0.15) is 18.4 Å². The molecule has 1 fully saturated rings. The van der Waals surface area contributed by atoms with Gasteiger partial charge in [0.2, 0.25) is 5.91 Å². The Morgan fingerprint density at radius 3 is 2.48 bits per heavy atom. The SMILES string of the molecule is COc1ccc(/C=C2/NC(=O)N(CCCC(=O)Nc3ccc(F)cc3)C2=O)cc1. The molecule has 0 bridgehead atoms. The minimum absolute atomic E-state index is 0.113. The van der Waals surface area contributed by atoms with Crippen LogP contribution in [0.3, 0.4) is 0 Å². The molecule has 4 amide bonds. The molecule has 0 atom stereocenters. The maximum Gasteiger partial charge on any atom is 0.329 e. The molecule has 2 aromatic rings. The van der Waals surface area contributed by atoms with E-state index in [4.69, 9.17) is 4.74 Å². The van der Waals surface area contributed by atoms with Crippen molar-refractivity contribution in [3.05, 3.63) is 65.6 Å². The number of anilines is 1. The molecular formula is C21H20FN3O4. The normalized spacial score (nSPS) is 14.8. The number of carbonyl (C=O) groups is 3. The summed E-state index contributed by atoms with van der Waals surface area (Å²) in [6.07, 6.45) is 2.01. The average Bonchev–Trinajstić information content (AvgIpc) is 2.97. The van der Waals surface area contributed by atoms with Crippen molar-refractivity contribution >= 4 is 29.6 Å². The first kappa shape index (κ1) is 20.1. The smallest absolute Gasteiger partial charge is 0.329 e. The highest BCUT2D eigenvalue weighted by Crippen LogP contribution is 2.17. The molecule has 29 heavy (non-hydrogen) atoms. The van der Waals surface area contributed by atoms with E-state index in [1.165, 1.54) is 24.3 Å². The first-order chi connectivity index (χ1) is 14.0. The van der Waals surface area contributed by atoms with E-state index in [1.807, 2.05) is 0 Å². The molecule has 1 aliphatic rings. The fourth-order valence-electron chi connectivity index (χ4n) is 2.80. The zero-order valence-corrected chi connectivity index (χ0v) is 15.8. The summed E-state index contributed by atoms with van der Waals surface area (Å²) in [7, 11) is 1.56. The predicted molar refractivity (Wildman–Crippen MR) is 105 cm³/mol. The van der Waals surface area contributed by atoms with Crippen LogP contribution in [0.4, 0.5) is 14.9 Å². The minimum Gasteiger partial charge on any atom is -0.497 e. The Balaban J connectivity index is 1.52. The molecule has 0 unspecified atom stereocenters. The van der Waals surface area contributed by atoms with Gasteiger partial charge in [-0.1, -0.05) is 12.1 Å². The molecule has 0 spiro atoms. The van der Waals surface area contributed by atoms with Gasteiger partial charge < -0.3 is 15.4 Å². The Morgan fingerprint density at radius 1 is 1.14 bits per heavy atom. The monoisotopic (exact) mass is 397 g/mol. The second-order valence-electron chi connectivity index (χ2n) is 6.38. The van der Waals surface area contributed by atoms with Crippen molar-refractivity contribution in [2.45, 2.75) is 12.8 Å². The molecule has 0 aromatic heterocycles. The molecule has 0 saturated carbocycles. The minimum atomic E-state index is -0.520. The van der Waals surface area contributed by atoms with Gasteiger partial charge in [0, 0.05) is 18.7 Å². The number of carbonyl (C=O) groups excluding carboxylic acids is 3. The topological polar surface area (TPSA) is 87.7 Å². The predicted octanol–water partition coefficient (Wildman–Crippen LogP) is 3.15. The molecule has 0 radical (unpaired) electrons. The van der Waals surface area contributed by atoms with Gasteiger partial charge in [-0.05, 0) is 54.5 Å². The number of rotatable bonds is 7. The Bertz CT molecular complexity index is 939. The molecule has 2 N–H and O–H groups in total. The highest BCUT2D eigenvalue weighted by atomic mass is 19.1. The second-order valence-corrected chi connectivity index (χ2v) is 6.38. The average molecular weight is 397 g/mol. The Hall–Kier alpha value is -3.68. The van der Waals surface area contributed by atoms with Crippen LogP contribution < -0.4 is 15.4 Å². The van der Waals surface area contributed by atoms with Crippen LogP contribution >= 0.6 is 0 Å². The van der Waals surface area contributed by atoms with E-state index in [-0.39, 0.29) is 30.4 Å². The highest BCUT2D eigenvalue weighted by Gasteiger charge is 2.33. The van der Waals surface area contributed by atoms with Gasteiger partial charge in [0.1, 0.15) is 17.3 Å². The van der Waals surface area contributed by atoms with Crippen molar-refractivity contribution in [1.82, 2.24) is 10.2 Å². The molecule has 1 aliphatic heterocycles. The Morgan fingerprint density at radius 2 is 1.83 bits per heavy atom. The van der Waals surface area contributed by atoms with Crippen LogP contribution in [0.15, 0.2) is 54.2 Å². The van der Waals surface area contributed by atoms with Gasteiger partial charge in [0.15, 0.2) is 0 Å². The molecule has 3 rings (SSSR count). The number of methoxy groups -OCH3 is 1. The van der Waals surface area contributed by atoms with Gasteiger partial charge in [0.05, 0.1) is 7.11 Å². The maximum atomic E-state index is 12.9. The lowest BCUT2D eigenvalue weighted by molar-refractivity contribution is -0.123. The zero-order chi connectivity index (χ0) is 20.8. The van der Waals surface area contributed by atoms with E-state index in [0.717, 1.165) is 10.5 Å². The molecule has 2 aromatic carbocycles. The Labute approximate surface area is 167 Å². The highest BCUT2D eigenvalue weighted by molar-refractivity contribution is 6.14. The molecular weight excluding hydrogens is 377 g/mol. The van der Waals surface area contributed by atoms with Crippen molar-refractivity contribution in [3.63, 3.8) is 0 Å². The lowest BCUT2D eigenvalue weighted by Crippen LogP contribution is -2.32. The number of nitrogens with zero attached hydrogens (tertiary/aromatic N) is 1. The third kappa shape index (κ3) is 5.19. The van der Waals surface area contributed by atoms with Crippen LogP contribution in [-0.2, 0) is 9.59 Å². The van der Waals surface area contributed by atoms with E-state index in [1.54, 1.807) is 37.5 Å². The van der Waals surface area contributed by atoms with Crippen LogP contribution in [0.25, 0.3) is 6.08 Å². The number of hydrogen-bond acceptors (Lipinski definition) is 4. The van der Waals surface area contributed by atoms with E-state index >= 15 is 0 Å². The molecule has 0 aliphatic carbocycles. The Kier molecular flexibility index (Phi) is 6.23. The van der Waals surface area contributed by atoms with Gasteiger partial charge in [-0.3, -0.25) is 14.5 Å². The van der Waals surface area contributed by atoms with Crippen molar-refractivity contribution in [1.29, 1.82) is 0 Å². The largest absolute Gasteiger partial charge is 0.497 e. The molecule has 150 valence electrons. The number of hydrogen-bond donors (Lipinski definition) is 2.